The molecule has 5 nitrogen and oxygen atoms in total. The lowest BCUT2D eigenvalue weighted by Gasteiger charge is -2.46. The van der Waals surface area contributed by atoms with Crippen molar-refractivity contribution in [1.29, 1.82) is 0 Å². The molecule has 2 fully saturated rings. The zero-order valence-corrected chi connectivity index (χ0v) is 12.9. The first-order valence-electron chi connectivity index (χ1n) is 6.84. The zero-order chi connectivity index (χ0) is 13.1. The molecule has 0 aliphatic carbocycles. The van der Waals surface area contributed by atoms with Gasteiger partial charge >= 0.3 is 0 Å². The lowest BCUT2D eigenvalue weighted by atomic mass is 9.80. The third-order valence-corrected chi connectivity index (χ3v) is 4.67. The van der Waals surface area contributed by atoms with Gasteiger partial charge in [-0.25, -0.2) is 4.98 Å². The van der Waals surface area contributed by atoms with Gasteiger partial charge in [0.1, 0.15) is 5.69 Å². The minimum Gasteiger partial charge on any atom is -0.373 e. The van der Waals surface area contributed by atoms with Crippen molar-refractivity contribution in [3.05, 3.63) is 16.6 Å². The average molecular weight is 318 g/mol. The first-order chi connectivity index (χ1) is 9.30. The van der Waals surface area contributed by atoms with Crippen LogP contribution in [0.3, 0.4) is 0 Å². The Labute approximate surface area is 128 Å². The van der Waals surface area contributed by atoms with Crippen molar-refractivity contribution in [2.24, 2.45) is 0 Å². The Kier molecular flexibility index (Phi) is 5.37. The van der Waals surface area contributed by atoms with Crippen molar-refractivity contribution >= 4 is 29.7 Å². The molecule has 0 saturated carbocycles. The maximum atomic E-state index is 12.2. The standard InChI is InChI=1S/C13H19N3O2S.ClH/c17-12(10-8-19-9-15-10)16-11-2-1-7-18-13(11)3-5-14-6-4-13;/h8-9,11,14H,1-7H2,(H,16,17);1H. The Morgan fingerprint density at radius 2 is 2.30 bits per heavy atom. The maximum absolute atomic E-state index is 12.2. The van der Waals surface area contributed by atoms with Crippen LogP contribution in [0.1, 0.15) is 36.2 Å². The number of thiazole rings is 1. The molecule has 1 aromatic rings. The Hall–Kier alpha value is -0.690. The van der Waals surface area contributed by atoms with Gasteiger partial charge in [-0.05, 0) is 38.8 Å². The number of piperidine rings is 1. The molecule has 0 aromatic carbocycles. The summed E-state index contributed by atoms with van der Waals surface area (Å²) < 4.78 is 6.06. The fraction of sp³-hybridized carbons (Fsp3) is 0.692. The minimum atomic E-state index is -0.171. The molecule has 112 valence electrons. The van der Waals surface area contributed by atoms with E-state index in [-0.39, 0.29) is 30.0 Å². The van der Waals surface area contributed by atoms with Crippen LogP contribution < -0.4 is 10.6 Å². The molecule has 1 unspecified atom stereocenters. The van der Waals surface area contributed by atoms with Gasteiger partial charge in [-0.2, -0.15) is 0 Å². The number of carbonyl (C=O) groups excluding carboxylic acids is 1. The average Bonchev–Trinajstić information content (AvgIpc) is 2.97. The molecule has 3 heterocycles. The van der Waals surface area contributed by atoms with Crippen molar-refractivity contribution in [2.45, 2.75) is 37.3 Å². The molecule has 3 rings (SSSR count). The highest BCUT2D eigenvalue weighted by molar-refractivity contribution is 7.07. The van der Waals surface area contributed by atoms with Crippen molar-refractivity contribution < 1.29 is 9.53 Å². The summed E-state index contributed by atoms with van der Waals surface area (Å²) in [5.41, 5.74) is 2.03. The molecular weight excluding hydrogens is 298 g/mol. The number of hydrogen-bond donors (Lipinski definition) is 2. The number of aromatic nitrogens is 1. The molecule has 2 aliphatic rings. The first-order valence-corrected chi connectivity index (χ1v) is 7.78. The molecule has 1 amide bonds. The molecule has 2 N–H and O–H groups in total. The fourth-order valence-electron chi connectivity index (χ4n) is 3.03. The topological polar surface area (TPSA) is 63.2 Å². The van der Waals surface area contributed by atoms with E-state index in [1.807, 2.05) is 0 Å². The third-order valence-electron chi connectivity index (χ3n) is 4.08. The van der Waals surface area contributed by atoms with Crippen LogP contribution in [0, 0.1) is 0 Å². The van der Waals surface area contributed by atoms with Gasteiger partial charge in [0.25, 0.3) is 5.91 Å². The smallest absolute Gasteiger partial charge is 0.271 e. The van der Waals surface area contributed by atoms with E-state index >= 15 is 0 Å². The summed E-state index contributed by atoms with van der Waals surface area (Å²) in [4.78, 5) is 16.2. The van der Waals surface area contributed by atoms with Gasteiger partial charge in [0, 0.05) is 12.0 Å². The van der Waals surface area contributed by atoms with Crippen molar-refractivity contribution in [2.75, 3.05) is 19.7 Å². The van der Waals surface area contributed by atoms with E-state index in [0.29, 0.717) is 5.69 Å². The van der Waals surface area contributed by atoms with Crippen molar-refractivity contribution in [3.63, 3.8) is 0 Å². The predicted octanol–water partition coefficient (Wildman–Crippen LogP) is 1.60. The van der Waals surface area contributed by atoms with E-state index in [1.54, 1.807) is 10.9 Å². The molecule has 2 saturated heterocycles. The summed E-state index contributed by atoms with van der Waals surface area (Å²) in [5, 5.41) is 8.27. The Balaban J connectivity index is 0.00000147. The van der Waals surface area contributed by atoms with E-state index in [2.05, 4.69) is 15.6 Å². The minimum absolute atomic E-state index is 0. The molecule has 20 heavy (non-hydrogen) atoms. The summed E-state index contributed by atoms with van der Waals surface area (Å²) in [7, 11) is 0. The monoisotopic (exact) mass is 317 g/mol. The fourth-order valence-corrected chi connectivity index (χ4v) is 3.56. The third kappa shape index (κ3) is 3.14. The predicted molar refractivity (Wildman–Crippen MR) is 80.6 cm³/mol. The largest absolute Gasteiger partial charge is 0.373 e. The quantitative estimate of drug-likeness (QED) is 0.869. The molecule has 1 spiro atoms. The molecular formula is C13H20ClN3O2S. The highest BCUT2D eigenvalue weighted by atomic mass is 35.5. The second kappa shape index (κ2) is 6.85. The van der Waals surface area contributed by atoms with Crippen LogP contribution in [0.2, 0.25) is 0 Å². The van der Waals surface area contributed by atoms with Gasteiger partial charge < -0.3 is 15.4 Å². The Morgan fingerprint density at radius 3 is 3.00 bits per heavy atom. The van der Waals surface area contributed by atoms with E-state index in [1.165, 1.54) is 11.3 Å². The van der Waals surface area contributed by atoms with Gasteiger partial charge in [0.05, 0.1) is 17.2 Å². The number of hydrogen-bond acceptors (Lipinski definition) is 5. The van der Waals surface area contributed by atoms with Gasteiger partial charge in [-0.3, -0.25) is 4.79 Å². The summed E-state index contributed by atoms with van der Waals surface area (Å²) in [6.07, 6.45) is 3.94. The number of rotatable bonds is 2. The van der Waals surface area contributed by atoms with Crippen LogP contribution in [0.4, 0.5) is 0 Å². The Bertz CT molecular complexity index is 427. The van der Waals surface area contributed by atoms with Crippen LogP contribution in [0.15, 0.2) is 10.9 Å². The van der Waals surface area contributed by atoms with Crippen LogP contribution in [-0.2, 0) is 4.74 Å². The number of halogens is 1. The summed E-state index contributed by atoms with van der Waals surface area (Å²) in [6.45, 7) is 2.73. The van der Waals surface area contributed by atoms with Gasteiger partial charge in [-0.15, -0.1) is 23.7 Å². The van der Waals surface area contributed by atoms with E-state index < -0.39 is 0 Å². The normalized spacial score (nSPS) is 24.9. The summed E-state index contributed by atoms with van der Waals surface area (Å²) in [6, 6.07) is 0.109. The lowest BCUT2D eigenvalue weighted by molar-refractivity contribution is -0.114. The van der Waals surface area contributed by atoms with Gasteiger partial charge in [0.15, 0.2) is 0 Å². The van der Waals surface area contributed by atoms with Gasteiger partial charge in [-0.1, -0.05) is 0 Å². The molecule has 7 heteroatoms. The number of carbonyl (C=O) groups is 1. The molecule has 0 radical (unpaired) electrons. The lowest BCUT2D eigenvalue weighted by Crippen LogP contribution is -2.60. The number of nitrogens with zero attached hydrogens (tertiary/aromatic N) is 1. The number of nitrogens with one attached hydrogen (secondary N) is 2. The SMILES string of the molecule is Cl.O=C(NC1CCCOC12CCNCC2)c1cscn1. The second-order valence-corrected chi connectivity index (χ2v) is 5.92. The zero-order valence-electron chi connectivity index (χ0n) is 11.3. The summed E-state index contributed by atoms with van der Waals surface area (Å²) in [5.74, 6) is -0.0744. The Morgan fingerprint density at radius 1 is 1.50 bits per heavy atom. The van der Waals surface area contributed by atoms with Crippen molar-refractivity contribution in [3.8, 4) is 0 Å². The maximum Gasteiger partial charge on any atom is 0.271 e. The molecule has 0 bridgehead atoms. The molecule has 2 aliphatic heterocycles. The van der Waals surface area contributed by atoms with Crippen LogP contribution in [-0.4, -0.2) is 42.2 Å². The van der Waals surface area contributed by atoms with Crippen LogP contribution in [0.25, 0.3) is 0 Å². The molecule has 1 atom stereocenters. The summed E-state index contributed by atoms with van der Waals surface area (Å²) >= 11 is 1.44. The van der Waals surface area contributed by atoms with Gasteiger partial charge in [0.2, 0.25) is 0 Å². The van der Waals surface area contributed by atoms with Crippen LogP contribution in [0.5, 0.6) is 0 Å². The number of ether oxygens (including phenoxy) is 1. The highest BCUT2D eigenvalue weighted by Gasteiger charge is 2.43. The van der Waals surface area contributed by atoms with Crippen molar-refractivity contribution in [1.82, 2.24) is 15.6 Å². The van der Waals surface area contributed by atoms with E-state index in [9.17, 15) is 4.79 Å². The highest BCUT2D eigenvalue weighted by Crippen LogP contribution is 2.33. The van der Waals surface area contributed by atoms with E-state index in [4.69, 9.17) is 4.74 Å². The first kappa shape index (κ1) is 15.7. The second-order valence-electron chi connectivity index (χ2n) is 5.21. The van der Waals surface area contributed by atoms with E-state index in [0.717, 1.165) is 45.4 Å². The van der Waals surface area contributed by atoms with Crippen LogP contribution >= 0.6 is 23.7 Å². The molecule has 1 aromatic heterocycles. The number of amides is 1.